The van der Waals surface area contributed by atoms with E-state index in [1.54, 1.807) is 31.2 Å². The highest BCUT2D eigenvalue weighted by Gasteiger charge is 2.16. The lowest BCUT2D eigenvalue weighted by Gasteiger charge is -2.11. The van der Waals surface area contributed by atoms with Crippen LogP contribution in [0.15, 0.2) is 47.3 Å². The third kappa shape index (κ3) is 3.80. The van der Waals surface area contributed by atoms with Crippen LogP contribution in [-0.4, -0.2) is 27.1 Å². The number of aromatic nitrogens is 2. The van der Waals surface area contributed by atoms with Crippen molar-refractivity contribution in [1.29, 1.82) is 0 Å². The summed E-state index contributed by atoms with van der Waals surface area (Å²) in [5, 5.41) is 11.1. The highest BCUT2D eigenvalue weighted by Crippen LogP contribution is 2.23. The van der Waals surface area contributed by atoms with E-state index < -0.39 is 10.9 Å². The molecule has 0 amide bonds. The molecule has 0 radical (unpaired) electrons. The SMILES string of the molecule is Cc1nc2ccccc2c(=O)n1CCOC(=O)c1ccc([N+](=O)[O-])cc1Cl. The smallest absolute Gasteiger partial charge is 0.339 e. The van der Waals surface area contributed by atoms with Gasteiger partial charge in [-0.2, -0.15) is 0 Å². The normalized spacial score (nSPS) is 10.7. The van der Waals surface area contributed by atoms with Crippen LogP contribution >= 0.6 is 11.6 Å². The van der Waals surface area contributed by atoms with Crippen LogP contribution in [0, 0.1) is 17.0 Å². The topological polar surface area (TPSA) is 104 Å². The molecule has 0 N–H and O–H groups in total. The molecule has 0 atom stereocenters. The van der Waals surface area contributed by atoms with Crippen LogP contribution in [0.2, 0.25) is 5.02 Å². The van der Waals surface area contributed by atoms with Crippen molar-refractivity contribution in [2.75, 3.05) is 6.61 Å². The number of nitrogens with zero attached hydrogens (tertiary/aromatic N) is 3. The molecule has 3 rings (SSSR count). The van der Waals surface area contributed by atoms with Crippen molar-refractivity contribution in [1.82, 2.24) is 9.55 Å². The van der Waals surface area contributed by atoms with E-state index in [1.807, 2.05) is 0 Å². The van der Waals surface area contributed by atoms with Gasteiger partial charge in [-0.3, -0.25) is 19.5 Å². The number of rotatable bonds is 5. The fourth-order valence-corrected chi connectivity index (χ4v) is 2.88. The maximum atomic E-state index is 12.5. The molecule has 8 nitrogen and oxygen atoms in total. The molecular weight excluding hydrogens is 374 g/mol. The van der Waals surface area contributed by atoms with E-state index >= 15 is 0 Å². The van der Waals surface area contributed by atoms with Crippen molar-refractivity contribution in [2.24, 2.45) is 0 Å². The second-order valence-electron chi connectivity index (χ2n) is 5.69. The first-order valence-electron chi connectivity index (χ1n) is 7.95. The molecule has 9 heteroatoms. The molecule has 1 heterocycles. The maximum absolute atomic E-state index is 12.5. The van der Waals surface area contributed by atoms with Gasteiger partial charge in [-0.1, -0.05) is 23.7 Å². The molecule has 0 saturated carbocycles. The Kier molecular flexibility index (Phi) is 5.18. The molecule has 0 bridgehead atoms. The number of esters is 1. The highest BCUT2D eigenvalue weighted by molar-refractivity contribution is 6.33. The maximum Gasteiger partial charge on any atom is 0.339 e. The number of halogens is 1. The average Bonchev–Trinajstić information content (AvgIpc) is 2.64. The van der Waals surface area contributed by atoms with Gasteiger partial charge in [0.15, 0.2) is 0 Å². The van der Waals surface area contributed by atoms with Crippen molar-refractivity contribution in [3.8, 4) is 0 Å². The lowest BCUT2D eigenvalue weighted by Crippen LogP contribution is -2.26. The minimum Gasteiger partial charge on any atom is -0.460 e. The highest BCUT2D eigenvalue weighted by atomic mass is 35.5. The summed E-state index contributed by atoms with van der Waals surface area (Å²) >= 11 is 5.91. The zero-order valence-corrected chi connectivity index (χ0v) is 15.0. The molecule has 0 saturated heterocycles. The van der Waals surface area contributed by atoms with Gasteiger partial charge in [0.05, 0.1) is 33.0 Å². The number of fused-ring (bicyclic) bond motifs is 1. The van der Waals surface area contributed by atoms with Gasteiger partial charge < -0.3 is 4.74 Å². The first-order chi connectivity index (χ1) is 12.9. The Balaban J connectivity index is 1.73. The van der Waals surface area contributed by atoms with E-state index in [0.717, 1.165) is 6.07 Å². The number of non-ortho nitro benzene ring substituents is 1. The van der Waals surface area contributed by atoms with Crippen LogP contribution in [0.1, 0.15) is 16.2 Å². The van der Waals surface area contributed by atoms with Crippen LogP contribution in [0.5, 0.6) is 0 Å². The Morgan fingerprint density at radius 2 is 2.04 bits per heavy atom. The standard InChI is InChI=1S/C18H14ClN3O5/c1-11-20-16-5-3-2-4-14(16)17(23)21(11)8-9-27-18(24)13-7-6-12(22(25)26)10-15(13)19/h2-7,10H,8-9H2,1H3. The van der Waals surface area contributed by atoms with Crippen LogP contribution in [0.25, 0.3) is 10.9 Å². The zero-order valence-electron chi connectivity index (χ0n) is 14.2. The molecule has 0 spiro atoms. The lowest BCUT2D eigenvalue weighted by molar-refractivity contribution is -0.384. The fourth-order valence-electron chi connectivity index (χ4n) is 2.63. The van der Waals surface area contributed by atoms with E-state index in [0.29, 0.717) is 16.7 Å². The Bertz CT molecular complexity index is 1110. The Labute approximate surface area is 158 Å². The summed E-state index contributed by atoms with van der Waals surface area (Å²) in [6.07, 6.45) is 0. The summed E-state index contributed by atoms with van der Waals surface area (Å²) < 4.78 is 6.58. The predicted octanol–water partition coefficient (Wildman–Crippen LogP) is 3.12. The molecule has 0 aliphatic heterocycles. The van der Waals surface area contributed by atoms with Crippen LogP contribution < -0.4 is 5.56 Å². The molecule has 0 fully saturated rings. The van der Waals surface area contributed by atoms with Gasteiger partial charge in [0.2, 0.25) is 0 Å². The van der Waals surface area contributed by atoms with Gasteiger partial charge in [0.1, 0.15) is 12.4 Å². The second kappa shape index (κ2) is 7.55. The first-order valence-corrected chi connectivity index (χ1v) is 8.33. The number of hydrogen-bond acceptors (Lipinski definition) is 6. The van der Waals surface area contributed by atoms with Gasteiger partial charge in [-0.25, -0.2) is 9.78 Å². The Morgan fingerprint density at radius 3 is 2.74 bits per heavy atom. The minimum atomic E-state index is -0.727. The van der Waals surface area contributed by atoms with Crippen molar-refractivity contribution < 1.29 is 14.5 Å². The molecule has 138 valence electrons. The van der Waals surface area contributed by atoms with E-state index in [2.05, 4.69) is 4.98 Å². The molecule has 1 aromatic heterocycles. The Morgan fingerprint density at radius 1 is 1.30 bits per heavy atom. The quantitative estimate of drug-likeness (QED) is 0.378. The number of benzene rings is 2. The number of nitro benzene ring substituents is 1. The van der Waals surface area contributed by atoms with Gasteiger partial charge in [0.25, 0.3) is 11.2 Å². The van der Waals surface area contributed by atoms with Crippen molar-refractivity contribution >= 4 is 34.2 Å². The number of ether oxygens (including phenoxy) is 1. The van der Waals surface area contributed by atoms with Crippen LogP contribution in [0.3, 0.4) is 0 Å². The first kappa shape index (κ1) is 18.5. The number of carbonyl (C=O) groups excluding carboxylic acids is 1. The predicted molar refractivity (Wildman–Crippen MR) is 99.1 cm³/mol. The molecule has 2 aromatic carbocycles. The molecule has 0 aliphatic rings. The summed E-state index contributed by atoms with van der Waals surface area (Å²) in [5.74, 6) is -0.225. The second-order valence-corrected chi connectivity index (χ2v) is 6.10. The average molecular weight is 388 g/mol. The molecule has 0 aliphatic carbocycles. The van der Waals surface area contributed by atoms with Crippen molar-refractivity contribution in [3.63, 3.8) is 0 Å². The lowest BCUT2D eigenvalue weighted by atomic mass is 10.2. The summed E-state index contributed by atoms with van der Waals surface area (Å²) in [5.41, 5.74) is 0.178. The van der Waals surface area contributed by atoms with E-state index in [-0.39, 0.29) is 35.0 Å². The number of carbonyl (C=O) groups is 1. The van der Waals surface area contributed by atoms with Crippen LogP contribution in [-0.2, 0) is 11.3 Å². The Hall–Kier alpha value is -3.26. The third-order valence-corrected chi connectivity index (χ3v) is 4.30. The van der Waals surface area contributed by atoms with E-state index in [4.69, 9.17) is 16.3 Å². The number of para-hydroxylation sites is 1. The molecule has 27 heavy (non-hydrogen) atoms. The number of aryl methyl sites for hydroxylation is 1. The van der Waals surface area contributed by atoms with Gasteiger partial charge in [-0.15, -0.1) is 0 Å². The molecular formula is C18H14ClN3O5. The van der Waals surface area contributed by atoms with Gasteiger partial charge in [0, 0.05) is 12.1 Å². The van der Waals surface area contributed by atoms with E-state index in [9.17, 15) is 19.7 Å². The third-order valence-electron chi connectivity index (χ3n) is 3.98. The summed E-state index contributed by atoms with van der Waals surface area (Å²) in [4.78, 5) is 39.2. The summed E-state index contributed by atoms with van der Waals surface area (Å²) in [7, 11) is 0. The monoisotopic (exact) mass is 387 g/mol. The van der Waals surface area contributed by atoms with Crippen molar-refractivity contribution in [3.05, 3.63) is 79.3 Å². The molecule has 0 unspecified atom stereocenters. The minimum absolute atomic E-state index is 0.0166. The van der Waals surface area contributed by atoms with Crippen LogP contribution in [0.4, 0.5) is 5.69 Å². The van der Waals surface area contributed by atoms with Gasteiger partial charge >= 0.3 is 5.97 Å². The fraction of sp³-hybridized carbons (Fsp3) is 0.167. The van der Waals surface area contributed by atoms with Gasteiger partial charge in [-0.05, 0) is 25.1 Å². The molecule has 3 aromatic rings. The largest absolute Gasteiger partial charge is 0.460 e. The summed E-state index contributed by atoms with van der Waals surface area (Å²) in [6.45, 7) is 1.74. The van der Waals surface area contributed by atoms with Crippen molar-refractivity contribution in [2.45, 2.75) is 13.5 Å². The number of nitro groups is 1. The zero-order chi connectivity index (χ0) is 19.6. The van der Waals surface area contributed by atoms with E-state index in [1.165, 1.54) is 16.7 Å². The summed E-state index contributed by atoms with van der Waals surface area (Å²) in [6, 6.07) is 10.5. The number of hydrogen-bond donors (Lipinski definition) is 0.